The van der Waals surface area contributed by atoms with Crippen LogP contribution >= 0.6 is 0 Å². The Balaban J connectivity index is 3.62. The molecule has 0 amide bonds. The number of hydrogen-bond acceptors (Lipinski definition) is 2. The van der Waals surface area contributed by atoms with Crippen molar-refractivity contribution in [2.45, 2.75) is 38.5 Å². The SMILES string of the molecule is [CH2]CCCCCCC(C(=O)O)C(=O)O. The van der Waals surface area contributed by atoms with Gasteiger partial charge in [0.25, 0.3) is 0 Å². The fourth-order valence-corrected chi connectivity index (χ4v) is 1.23. The molecule has 0 rings (SSSR count). The third kappa shape index (κ3) is 5.56. The molecule has 0 saturated heterocycles. The summed E-state index contributed by atoms with van der Waals surface area (Å²) >= 11 is 0. The van der Waals surface area contributed by atoms with Crippen molar-refractivity contribution in [3.63, 3.8) is 0 Å². The summed E-state index contributed by atoms with van der Waals surface area (Å²) in [6.45, 7) is 3.69. The van der Waals surface area contributed by atoms with Crippen LogP contribution in [0.4, 0.5) is 0 Å². The van der Waals surface area contributed by atoms with Crippen molar-refractivity contribution < 1.29 is 19.8 Å². The predicted molar refractivity (Wildman–Crippen MR) is 51.8 cm³/mol. The van der Waals surface area contributed by atoms with Crippen molar-refractivity contribution in [1.29, 1.82) is 0 Å². The standard InChI is InChI=1S/C10H17O4/c1-2-3-4-5-6-7-8(9(11)12)10(13)14/h8H,1-7H2,(H,11,12)(H,13,14). The largest absolute Gasteiger partial charge is 0.481 e. The van der Waals surface area contributed by atoms with Gasteiger partial charge in [-0.15, -0.1) is 0 Å². The Hall–Kier alpha value is -1.06. The highest BCUT2D eigenvalue weighted by Gasteiger charge is 2.24. The molecule has 0 atom stereocenters. The summed E-state index contributed by atoms with van der Waals surface area (Å²) in [5.74, 6) is -3.72. The summed E-state index contributed by atoms with van der Waals surface area (Å²) in [5.41, 5.74) is 0. The normalized spacial score (nSPS) is 10.4. The van der Waals surface area contributed by atoms with Crippen molar-refractivity contribution in [1.82, 2.24) is 0 Å². The van der Waals surface area contributed by atoms with E-state index in [9.17, 15) is 9.59 Å². The molecule has 1 radical (unpaired) electrons. The first-order valence-corrected chi connectivity index (χ1v) is 4.84. The molecule has 0 spiro atoms. The van der Waals surface area contributed by atoms with Crippen molar-refractivity contribution in [2.75, 3.05) is 0 Å². The van der Waals surface area contributed by atoms with E-state index in [1.807, 2.05) is 0 Å². The van der Waals surface area contributed by atoms with Crippen LogP contribution in [0.2, 0.25) is 0 Å². The minimum Gasteiger partial charge on any atom is -0.481 e. The van der Waals surface area contributed by atoms with Gasteiger partial charge in [0, 0.05) is 0 Å². The molecule has 0 aromatic heterocycles. The molecule has 81 valence electrons. The maximum atomic E-state index is 10.5. The van der Waals surface area contributed by atoms with Gasteiger partial charge in [-0.2, -0.15) is 0 Å². The lowest BCUT2D eigenvalue weighted by molar-refractivity contribution is -0.154. The Bertz CT molecular complexity index is 175. The van der Waals surface area contributed by atoms with Crippen molar-refractivity contribution in [3.05, 3.63) is 6.92 Å². The molecule has 0 aliphatic carbocycles. The zero-order chi connectivity index (χ0) is 11.0. The van der Waals surface area contributed by atoms with Gasteiger partial charge in [-0.1, -0.05) is 39.0 Å². The van der Waals surface area contributed by atoms with Crippen molar-refractivity contribution in [2.24, 2.45) is 5.92 Å². The molecule has 0 bridgehead atoms. The Morgan fingerprint density at radius 3 is 1.93 bits per heavy atom. The number of hydrogen-bond donors (Lipinski definition) is 2. The molecule has 14 heavy (non-hydrogen) atoms. The van der Waals surface area contributed by atoms with Gasteiger partial charge in [0.2, 0.25) is 0 Å². The first kappa shape index (κ1) is 12.9. The van der Waals surface area contributed by atoms with Gasteiger partial charge < -0.3 is 10.2 Å². The molecule has 0 fully saturated rings. The zero-order valence-electron chi connectivity index (χ0n) is 8.24. The van der Waals surface area contributed by atoms with Crippen LogP contribution in [-0.2, 0) is 9.59 Å². The minimum atomic E-state index is -1.24. The van der Waals surface area contributed by atoms with Crippen molar-refractivity contribution in [3.8, 4) is 0 Å². The van der Waals surface area contributed by atoms with E-state index in [1.54, 1.807) is 0 Å². The predicted octanol–water partition coefficient (Wildman–Crippen LogP) is 1.95. The van der Waals surface area contributed by atoms with E-state index in [0.29, 0.717) is 6.42 Å². The lowest BCUT2D eigenvalue weighted by Crippen LogP contribution is -2.23. The van der Waals surface area contributed by atoms with Crippen LogP contribution in [0.5, 0.6) is 0 Å². The van der Waals surface area contributed by atoms with E-state index in [1.165, 1.54) is 0 Å². The van der Waals surface area contributed by atoms with Gasteiger partial charge in [0.15, 0.2) is 5.92 Å². The summed E-state index contributed by atoms with van der Waals surface area (Å²) < 4.78 is 0. The van der Waals surface area contributed by atoms with Gasteiger partial charge in [-0.25, -0.2) is 0 Å². The lowest BCUT2D eigenvalue weighted by Gasteiger charge is -2.06. The minimum absolute atomic E-state index is 0.224. The third-order valence-corrected chi connectivity index (χ3v) is 2.09. The molecule has 0 aliphatic rings. The van der Waals surface area contributed by atoms with Gasteiger partial charge in [-0.3, -0.25) is 9.59 Å². The van der Waals surface area contributed by atoms with E-state index >= 15 is 0 Å². The maximum Gasteiger partial charge on any atom is 0.317 e. The highest BCUT2D eigenvalue weighted by Crippen LogP contribution is 2.12. The molecule has 0 aromatic rings. The van der Waals surface area contributed by atoms with E-state index in [-0.39, 0.29) is 6.42 Å². The van der Waals surface area contributed by atoms with Gasteiger partial charge in [-0.05, 0) is 6.42 Å². The fraction of sp³-hybridized carbons (Fsp3) is 0.700. The first-order valence-electron chi connectivity index (χ1n) is 4.84. The number of carboxylic acids is 2. The topological polar surface area (TPSA) is 74.6 Å². The van der Waals surface area contributed by atoms with Crippen LogP contribution < -0.4 is 0 Å². The summed E-state index contributed by atoms with van der Waals surface area (Å²) in [5, 5.41) is 17.1. The number of carboxylic acid groups (broad SMARTS) is 2. The average Bonchev–Trinajstić information content (AvgIpc) is 2.09. The number of rotatable bonds is 8. The second-order valence-corrected chi connectivity index (χ2v) is 3.29. The van der Waals surface area contributed by atoms with Crippen LogP contribution in [-0.4, -0.2) is 22.2 Å². The Kier molecular flexibility index (Phi) is 6.80. The van der Waals surface area contributed by atoms with E-state index in [0.717, 1.165) is 25.7 Å². The van der Waals surface area contributed by atoms with Gasteiger partial charge >= 0.3 is 11.9 Å². The Morgan fingerprint density at radius 1 is 1.00 bits per heavy atom. The molecular formula is C10H17O4. The smallest absolute Gasteiger partial charge is 0.317 e. The molecule has 4 heteroatoms. The summed E-state index contributed by atoms with van der Waals surface area (Å²) in [4.78, 5) is 20.9. The van der Waals surface area contributed by atoms with Crippen LogP contribution in [0.3, 0.4) is 0 Å². The lowest BCUT2D eigenvalue weighted by atomic mass is 10.0. The quantitative estimate of drug-likeness (QED) is 0.465. The molecule has 0 saturated carbocycles. The maximum absolute atomic E-state index is 10.5. The summed E-state index contributed by atoms with van der Waals surface area (Å²) in [7, 11) is 0. The highest BCUT2D eigenvalue weighted by atomic mass is 16.4. The highest BCUT2D eigenvalue weighted by molar-refractivity contribution is 5.92. The average molecular weight is 201 g/mol. The fourth-order valence-electron chi connectivity index (χ4n) is 1.23. The number of carbonyl (C=O) groups is 2. The molecule has 2 N–H and O–H groups in total. The summed E-state index contributed by atoms with van der Waals surface area (Å²) in [6.07, 6.45) is 4.65. The van der Waals surface area contributed by atoms with E-state index < -0.39 is 17.9 Å². The second kappa shape index (κ2) is 7.35. The van der Waals surface area contributed by atoms with Crippen LogP contribution in [0, 0.1) is 12.8 Å². The van der Waals surface area contributed by atoms with Crippen LogP contribution in [0.25, 0.3) is 0 Å². The van der Waals surface area contributed by atoms with E-state index in [2.05, 4.69) is 6.92 Å². The molecule has 4 nitrogen and oxygen atoms in total. The second-order valence-electron chi connectivity index (χ2n) is 3.29. The first-order chi connectivity index (χ1) is 6.59. The van der Waals surface area contributed by atoms with E-state index in [4.69, 9.17) is 10.2 Å². The molecular weight excluding hydrogens is 184 g/mol. The molecule has 0 unspecified atom stereocenters. The number of aliphatic carboxylic acids is 2. The molecule has 0 aliphatic heterocycles. The van der Waals surface area contributed by atoms with Crippen molar-refractivity contribution >= 4 is 11.9 Å². The number of unbranched alkanes of at least 4 members (excludes halogenated alkanes) is 4. The monoisotopic (exact) mass is 201 g/mol. The molecule has 0 heterocycles. The Morgan fingerprint density at radius 2 is 1.50 bits per heavy atom. The third-order valence-electron chi connectivity index (χ3n) is 2.09. The van der Waals surface area contributed by atoms with Gasteiger partial charge in [0.1, 0.15) is 0 Å². The van der Waals surface area contributed by atoms with Crippen LogP contribution in [0.1, 0.15) is 38.5 Å². The van der Waals surface area contributed by atoms with Crippen LogP contribution in [0.15, 0.2) is 0 Å². The Labute approximate surface area is 83.9 Å². The van der Waals surface area contributed by atoms with Gasteiger partial charge in [0.05, 0.1) is 0 Å². The molecule has 0 aromatic carbocycles. The summed E-state index contributed by atoms with van der Waals surface area (Å²) in [6, 6.07) is 0. The zero-order valence-corrected chi connectivity index (χ0v) is 8.24.